The summed E-state index contributed by atoms with van der Waals surface area (Å²) in [7, 11) is -2.06. The zero-order valence-corrected chi connectivity index (χ0v) is 11.3. The molecular formula is C9H19N3O5S. The molecule has 8 nitrogen and oxygen atoms in total. The van der Waals surface area contributed by atoms with Gasteiger partial charge in [0.2, 0.25) is 10.0 Å². The molecule has 0 saturated heterocycles. The topological polar surface area (TPSA) is 116 Å². The Morgan fingerprint density at radius 1 is 1.33 bits per heavy atom. The maximum atomic E-state index is 11.6. The highest BCUT2D eigenvalue weighted by Gasteiger charge is 2.13. The Kier molecular flexibility index (Phi) is 7.29. The summed E-state index contributed by atoms with van der Waals surface area (Å²) in [5.41, 5.74) is 0. The molecule has 9 heteroatoms. The number of hydrogen-bond donors (Lipinski definition) is 3. The number of carboxylic acid groups (broad SMARTS) is 1. The van der Waals surface area contributed by atoms with Crippen molar-refractivity contribution in [2.75, 3.05) is 32.4 Å². The molecule has 0 aromatic carbocycles. The number of carboxylic acids is 1. The van der Waals surface area contributed by atoms with Crippen LogP contribution in [0.25, 0.3) is 0 Å². The molecule has 3 N–H and O–H groups in total. The molecule has 0 aromatic rings. The van der Waals surface area contributed by atoms with E-state index in [0.717, 1.165) is 0 Å². The molecule has 0 aliphatic heterocycles. The van der Waals surface area contributed by atoms with Gasteiger partial charge in [-0.15, -0.1) is 0 Å². The summed E-state index contributed by atoms with van der Waals surface area (Å²) in [6.07, 6.45) is -0.143. The van der Waals surface area contributed by atoms with Crippen LogP contribution in [0.2, 0.25) is 0 Å². The van der Waals surface area contributed by atoms with Crippen LogP contribution in [0.15, 0.2) is 0 Å². The van der Waals surface area contributed by atoms with Crippen LogP contribution in [0.4, 0.5) is 4.79 Å². The number of carbonyl (C=O) groups is 2. The molecule has 0 unspecified atom stereocenters. The molecule has 0 fully saturated rings. The Morgan fingerprint density at radius 2 is 1.94 bits per heavy atom. The number of urea groups is 1. The molecule has 0 aliphatic carbocycles. The third-order valence-electron chi connectivity index (χ3n) is 2.22. The van der Waals surface area contributed by atoms with Gasteiger partial charge in [0, 0.05) is 19.6 Å². The average molecular weight is 281 g/mol. The molecule has 0 bridgehead atoms. The van der Waals surface area contributed by atoms with Crippen LogP contribution in [-0.4, -0.2) is 62.9 Å². The second-order valence-corrected chi connectivity index (χ2v) is 5.52. The molecule has 0 heterocycles. The number of nitrogens with zero attached hydrogens (tertiary/aromatic N) is 1. The quantitative estimate of drug-likeness (QED) is 0.530. The van der Waals surface area contributed by atoms with E-state index in [1.807, 2.05) is 0 Å². The SMILES string of the molecule is CCN(CCC(=O)O)C(=O)NCCS(=O)(=O)NC. The van der Waals surface area contributed by atoms with Crippen LogP contribution in [0.1, 0.15) is 13.3 Å². The smallest absolute Gasteiger partial charge is 0.317 e. The Morgan fingerprint density at radius 3 is 2.39 bits per heavy atom. The third kappa shape index (κ3) is 7.07. The molecule has 106 valence electrons. The minimum absolute atomic E-state index is 0.0222. The van der Waals surface area contributed by atoms with Crippen molar-refractivity contribution in [3.05, 3.63) is 0 Å². The number of amides is 2. The predicted octanol–water partition coefficient (Wildman–Crippen LogP) is -0.958. The summed E-state index contributed by atoms with van der Waals surface area (Å²) < 4.78 is 24.3. The summed E-state index contributed by atoms with van der Waals surface area (Å²) in [6.45, 7) is 2.14. The Balaban J connectivity index is 4.09. The van der Waals surface area contributed by atoms with Gasteiger partial charge >= 0.3 is 12.0 Å². The monoisotopic (exact) mass is 281 g/mol. The van der Waals surface area contributed by atoms with Crippen LogP contribution in [-0.2, 0) is 14.8 Å². The fraction of sp³-hybridized carbons (Fsp3) is 0.778. The van der Waals surface area contributed by atoms with Gasteiger partial charge in [0.1, 0.15) is 0 Å². The van der Waals surface area contributed by atoms with Crippen molar-refractivity contribution in [2.45, 2.75) is 13.3 Å². The third-order valence-corrected chi connectivity index (χ3v) is 3.59. The van der Waals surface area contributed by atoms with Crippen molar-refractivity contribution in [1.82, 2.24) is 14.9 Å². The lowest BCUT2D eigenvalue weighted by atomic mass is 10.4. The normalized spacial score (nSPS) is 11.0. The maximum absolute atomic E-state index is 11.6. The van der Waals surface area contributed by atoms with Gasteiger partial charge < -0.3 is 15.3 Å². The summed E-state index contributed by atoms with van der Waals surface area (Å²) in [4.78, 5) is 23.3. The van der Waals surface area contributed by atoms with E-state index in [1.54, 1.807) is 6.92 Å². The van der Waals surface area contributed by atoms with Crippen molar-refractivity contribution in [3.63, 3.8) is 0 Å². The lowest BCUT2D eigenvalue weighted by molar-refractivity contribution is -0.137. The number of rotatable bonds is 8. The second-order valence-electron chi connectivity index (χ2n) is 3.48. The van der Waals surface area contributed by atoms with E-state index in [9.17, 15) is 18.0 Å². The van der Waals surface area contributed by atoms with Crippen LogP contribution in [0.5, 0.6) is 0 Å². The molecule has 0 aliphatic rings. The van der Waals surface area contributed by atoms with Crippen LogP contribution >= 0.6 is 0 Å². The summed E-state index contributed by atoms with van der Waals surface area (Å²) in [5.74, 6) is -1.20. The highest BCUT2D eigenvalue weighted by molar-refractivity contribution is 7.89. The number of carbonyl (C=O) groups excluding carboxylic acids is 1. The number of sulfonamides is 1. The molecule has 0 aromatic heterocycles. The molecular weight excluding hydrogens is 262 g/mol. The minimum atomic E-state index is -3.35. The van der Waals surface area contributed by atoms with Gasteiger partial charge in [-0.05, 0) is 14.0 Å². The van der Waals surface area contributed by atoms with E-state index < -0.39 is 22.0 Å². The largest absolute Gasteiger partial charge is 0.481 e. The molecule has 2 amide bonds. The van der Waals surface area contributed by atoms with Crippen LogP contribution in [0.3, 0.4) is 0 Å². The van der Waals surface area contributed by atoms with Gasteiger partial charge in [0.25, 0.3) is 0 Å². The van der Waals surface area contributed by atoms with Crippen molar-refractivity contribution in [1.29, 1.82) is 0 Å². The molecule has 18 heavy (non-hydrogen) atoms. The molecule has 0 atom stereocenters. The first-order valence-electron chi connectivity index (χ1n) is 5.48. The van der Waals surface area contributed by atoms with Gasteiger partial charge in [0.05, 0.1) is 12.2 Å². The average Bonchev–Trinajstić information content (AvgIpc) is 2.29. The fourth-order valence-corrected chi connectivity index (χ4v) is 1.71. The molecule has 0 spiro atoms. The Labute approximate surface area is 106 Å². The first kappa shape index (κ1) is 16.6. The van der Waals surface area contributed by atoms with Gasteiger partial charge in [-0.2, -0.15) is 0 Å². The van der Waals surface area contributed by atoms with Gasteiger partial charge in [-0.1, -0.05) is 0 Å². The van der Waals surface area contributed by atoms with E-state index in [2.05, 4.69) is 10.0 Å². The first-order chi connectivity index (χ1) is 8.32. The van der Waals surface area contributed by atoms with Crippen LogP contribution in [0, 0.1) is 0 Å². The summed E-state index contributed by atoms with van der Waals surface area (Å²) in [6, 6.07) is -0.468. The minimum Gasteiger partial charge on any atom is -0.481 e. The zero-order valence-electron chi connectivity index (χ0n) is 10.5. The Hall–Kier alpha value is -1.35. The van der Waals surface area contributed by atoms with E-state index >= 15 is 0 Å². The maximum Gasteiger partial charge on any atom is 0.317 e. The predicted molar refractivity (Wildman–Crippen MR) is 65.7 cm³/mol. The number of nitrogens with one attached hydrogen (secondary N) is 2. The zero-order chi connectivity index (χ0) is 14.2. The number of aliphatic carboxylic acids is 1. The highest BCUT2D eigenvalue weighted by Crippen LogP contribution is 1.93. The standard InChI is InChI=1S/C9H19N3O5S/c1-3-12(6-4-8(13)14)9(15)11-5-7-18(16,17)10-2/h10H,3-7H2,1-2H3,(H,11,15)(H,13,14). The fourth-order valence-electron chi connectivity index (χ4n) is 1.14. The summed E-state index contributed by atoms with van der Waals surface area (Å²) >= 11 is 0. The lowest BCUT2D eigenvalue weighted by Gasteiger charge is -2.20. The highest BCUT2D eigenvalue weighted by atomic mass is 32.2. The van der Waals surface area contributed by atoms with Crippen LogP contribution < -0.4 is 10.0 Å². The van der Waals surface area contributed by atoms with Gasteiger partial charge in [0.15, 0.2) is 0 Å². The van der Waals surface area contributed by atoms with Crippen molar-refractivity contribution < 1.29 is 23.1 Å². The van der Waals surface area contributed by atoms with Crippen molar-refractivity contribution in [2.24, 2.45) is 0 Å². The van der Waals surface area contributed by atoms with E-state index in [-0.39, 0.29) is 25.3 Å². The van der Waals surface area contributed by atoms with E-state index in [1.165, 1.54) is 11.9 Å². The lowest BCUT2D eigenvalue weighted by Crippen LogP contribution is -2.43. The van der Waals surface area contributed by atoms with E-state index in [0.29, 0.717) is 6.54 Å². The van der Waals surface area contributed by atoms with E-state index in [4.69, 9.17) is 5.11 Å². The van der Waals surface area contributed by atoms with Crippen molar-refractivity contribution >= 4 is 22.0 Å². The van der Waals surface area contributed by atoms with Gasteiger partial charge in [-0.25, -0.2) is 17.9 Å². The Bertz CT molecular complexity index is 382. The molecule has 0 rings (SSSR count). The van der Waals surface area contributed by atoms with Crippen molar-refractivity contribution in [3.8, 4) is 0 Å². The molecule has 0 radical (unpaired) electrons. The summed E-state index contributed by atoms with van der Waals surface area (Å²) in [5, 5.41) is 10.9. The number of hydrogen-bond acceptors (Lipinski definition) is 4. The molecule has 0 saturated carbocycles. The first-order valence-corrected chi connectivity index (χ1v) is 7.13. The second kappa shape index (κ2) is 7.88. The van der Waals surface area contributed by atoms with Gasteiger partial charge in [-0.3, -0.25) is 4.79 Å².